The largest absolute Gasteiger partial charge is 0.382 e. The molecule has 3 heterocycles. The average molecular weight is 726 g/mol. The molecule has 6 rings (SSSR count). The summed E-state index contributed by atoms with van der Waals surface area (Å²) in [6.07, 6.45) is 4.49. The van der Waals surface area contributed by atoms with Gasteiger partial charge in [-0.25, -0.2) is 9.97 Å². The Bertz CT molecular complexity index is 2250. The Labute approximate surface area is 315 Å². The van der Waals surface area contributed by atoms with Crippen LogP contribution >= 0.6 is 0 Å². The second-order valence-corrected chi connectivity index (χ2v) is 13.8. The van der Waals surface area contributed by atoms with Crippen LogP contribution in [0.25, 0.3) is 21.9 Å². The summed E-state index contributed by atoms with van der Waals surface area (Å²) in [7, 11) is 0. The number of carbonyl (C=O) groups excluding carboxylic acids is 4. The van der Waals surface area contributed by atoms with Crippen molar-refractivity contribution >= 4 is 56.9 Å². The van der Waals surface area contributed by atoms with Gasteiger partial charge in [-0.2, -0.15) is 0 Å². The number of rotatable bonds is 17. The molecule has 1 aliphatic heterocycles. The molecule has 1 aliphatic rings. The Hall–Kier alpha value is -6.02. The van der Waals surface area contributed by atoms with Gasteiger partial charge in [-0.1, -0.05) is 73.7 Å². The fraction of sp³-hybridized carbons (Fsp3) is 0.349. The second-order valence-electron chi connectivity index (χ2n) is 13.8. The van der Waals surface area contributed by atoms with Crippen LogP contribution < -0.4 is 21.7 Å². The van der Waals surface area contributed by atoms with Gasteiger partial charge in [0.15, 0.2) is 5.82 Å². The Morgan fingerprint density at radius 2 is 1.61 bits per heavy atom. The molecule has 11 nitrogen and oxygen atoms in total. The standard InChI is InChI=1S/C43H47N7O4/c1-2-3-18-37-48-40-41(34-15-7-8-16-35(34)47-42(40)44)49(37)26-11-10-25-46-38(52)23-21-31(43(45)54)27-33(51)22-24-39(53)50-28-32-14-5-4-12-29(32)19-20-30-13-6-9-17-36(30)50/h4-9,12-17,31H,2-3,10-11,18,21-28H2,1H3,(H2,44,47)(H2,45,54)(H,46,52). The highest BCUT2D eigenvalue weighted by molar-refractivity contribution is 6.06. The quantitative estimate of drug-likeness (QED) is 0.0784. The first-order chi connectivity index (χ1) is 26.2. The molecule has 0 bridgehead atoms. The van der Waals surface area contributed by atoms with Crippen LogP contribution in [0, 0.1) is 17.8 Å². The molecule has 2 aromatic heterocycles. The lowest BCUT2D eigenvalue weighted by atomic mass is 9.94. The maximum atomic E-state index is 13.5. The van der Waals surface area contributed by atoms with Crippen LogP contribution in [0.3, 0.4) is 0 Å². The maximum Gasteiger partial charge on any atom is 0.227 e. The third-order valence-corrected chi connectivity index (χ3v) is 9.96. The van der Waals surface area contributed by atoms with E-state index in [4.69, 9.17) is 16.5 Å². The number of para-hydroxylation sites is 2. The number of hydrogen-bond donors (Lipinski definition) is 3. The molecule has 5 aromatic rings. The third kappa shape index (κ3) is 8.94. The molecular weight excluding hydrogens is 679 g/mol. The summed E-state index contributed by atoms with van der Waals surface area (Å²) < 4.78 is 2.25. The van der Waals surface area contributed by atoms with Gasteiger partial charge < -0.3 is 26.3 Å². The second kappa shape index (κ2) is 17.7. The van der Waals surface area contributed by atoms with Crippen LogP contribution in [0.2, 0.25) is 0 Å². The molecule has 0 spiro atoms. The molecular formula is C43H47N7O4. The number of aromatic nitrogens is 3. The Morgan fingerprint density at radius 1 is 0.870 bits per heavy atom. The van der Waals surface area contributed by atoms with Gasteiger partial charge in [0.05, 0.1) is 23.3 Å². The number of pyridine rings is 1. The number of aryl methyl sites for hydroxylation is 2. The van der Waals surface area contributed by atoms with E-state index in [2.05, 4.69) is 33.6 Å². The number of nitrogen functional groups attached to an aromatic ring is 1. The average Bonchev–Trinajstić information content (AvgIpc) is 3.54. The van der Waals surface area contributed by atoms with Crippen LogP contribution in [-0.2, 0) is 38.7 Å². The van der Waals surface area contributed by atoms with Gasteiger partial charge in [0.1, 0.15) is 17.1 Å². The minimum Gasteiger partial charge on any atom is -0.382 e. The molecule has 54 heavy (non-hydrogen) atoms. The number of amides is 3. The van der Waals surface area contributed by atoms with E-state index in [1.807, 2.05) is 72.8 Å². The van der Waals surface area contributed by atoms with Crippen LogP contribution in [-0.4, -0.2) is 44.6 Å². The van der Waals surface area contributed by atoms with Crippen molar-refractivity contribution in [1.29, 1.82) is 0 Å². The highest BCUT2D eigenvalue weighted by Crippen LogP contribution is 2.30. The molecule has 0 fully saturated rings. The van der Waals surface area contributed by atoms with E-state index in [1.54, 1.807) is 4.90 Å². The van der Waals surface area contributed by atoms with Crippen LogP contribution in [0.5, 0.6) is 0 Å². The first-order valence-electron chi connectivity index (χ1n) is 18.8. The first-order valence-corrected chi connectivity index (χ1v) is 18.8. The van der Waals surface area contributed by atoms with Gasteiger partial charge in [0, 0.05) is 67.6 Å². The number of nitrogens with zero attached hydrogens (tertiary/aromatic N) is 4. The number of benzene rings is 3. The zero-order valence-corrected chi connectivity index (χ0v) is 30.8. The summed E-state index contributed by atoms with van der Waals surface area (Å²) in [5.74, 6) is 5.70. The molecule has 11 heteroatoms. The number of hydrogen-bond acceptors (Lipinski definition) is 7. The number of nitrogens with two attached hydrogens (primary N) is 2. The summed E-state index contributed by atoms with van der Waals surface area (Å²) in [5, 5.41) is 3.96. The normalized spacial score (nSPS) is 12.6. The fourth-order valence-corrected chi connectivity index (χ4v) is 7.00. The number of unbranched alkanes of at least 4 members (excludes halogenated alkanes) is 2. The van der Waals surface area contributed by atoms with Gasteiger partial charge in [0.25, 0.3) is 0 Å². The lowest BCUT2D eigenvalue weighted by Crippen LogP contribution is -2.32. The number of anilines is 2. The fourth-order valence-electron chi connectivity index (χ4n) is 7.00. The van der Waals surface area contributed by atoms with Crippen LogP contribution in [0.15, 0.2) is 72.8 Å². The Balaban J connectivity index is 0.975. The van der Waals surface area contributed by atoms with E-state index in [-0.39, 0.29) is 49.7 Å². The summed E-state index contributed by atoms with van der Waals surface area (Å²) in [5.41, 5.74) is 17.7. The minimum absolute atomic E-state index is 0.0236. The van der Waals surface area contributed by atoms with E-state index < -0.39 is 11.8 Å². The number of fused-ring (bicyclic) bond motifs is 5. The van der Waals surface area contributed by atoms with E-state index >= 15 is 0 Å². The van der Waals surface area contributed by atoms with Crippen molar-refractivity contribution in [3.05, 3.63) is 95.3 Å². The SMILES string of the molecule is CCCCc1nc2c(N)nc3ccccc3c2n1CCCCNC(=O)CCC(CC(=O)CCC(=O)N1Cc2ccccc2C#Cc2ccccc21)C(N)=O. The highest BCUT2D eigenvalue weighted by atomic mass is 16.2. The Kier molecular flexibility index (Phi) is 12.3. The van der Waals surface area contributed by atoms with Gasteiger partial charge in [-0.3, -0.25) is 19.2 Å². The molecule has 0 radical (unpaired) electrons. The molecule has 3 aromatic carbocycles. The van der Waals surface area contributed by atoms with Crippen molar-refractivity contribution in [2.45, 2.75) is 84.2 Å². The molecule has 5 N–H and O–H groups in total. The van der Waals surface area contributed by atoms with E-state index in [1.165, 1.54) is 0 Å². The smallest absolute Gasteiger partial charge is 0.227 e. The number of imidazole rings is 1. The number of nitrogens with one attached hydrogen (secondary N) is 1. The van der Waals surface area contributed by atoms with Crippen molar-refractivity contribution in [3.8, 4) is 11.8 Å². The lowest BCUT2D eigenvalue weighted by Gasteiger charge is -2.26. The maximum absolute atomic E-state index is 13.5. The highest BCUT2D eigenvalue weighted by Gasteiger charge is 2.25. The van der Waals surface area contributed by atoms with Gasteiger partial charge in [-0.15, -0.1) is 0 Å². The molecule has 1 unspecified atom stereocenters. The first kappa shape index (κ1) is 37.7. The summed E-state index contributed by atoms with van der Waals surface area (Å²) in [6.45, 7) is 3.68. The van der Waals surface area contributed by atoms with Gasteiger partial charge >= 0.3 is 0 Å². The van der Waals surface area contributed by atoms with Gasteiger partial charge in [0.2, 0.25) is 17.7 Å². The van der Waals surface area contributed by atoms with E-state index in [0.29, 0.717) is 24.6 Å². The van der Waals surface area contributed by atoms with Crippen LogP contribution in [0.1, 0.15) is 87.2 Å². The predicted octanol–water partition coefficient (Wildman–Crippen LogP) is 5.97. The molecule has 3 amide bonds. The predicted molar refractivity (Wildman–Crippen MR) is 211 cm³/mol. The Morgan fingerprint density at radius 3 is 2.43 bits per heavy atom. The number of ketones is 1. The molecule has 0 aliphatic carbocycles. The molecule has 278 valence electrons. The topological polar surface area (TPSA) is 166 Å². The summed E-state index contributed by atoms with van der Waals surface area (Å²) in [4.78, 5) is 62.8. The summed E-state index contributed by atoms with van der Waals surface area (Å²) in [6, 6.07) is 23.1. The lowest BCUT2D eigenvalue weighted by molar-refractivity contribution is -0.129. The van der Waals surface area contributed by atoms with E-state index in [0.717, 1.165) is 83.1 Å². The zero-order chi connectivity index (χ0) is 38.0. The van der Waals surface area contributed by atoms with Crippen molar-refractivity contribution in [1.82, 2.24) is 19.9 Å². The minimum atomic E-state index is -0.796. The van der Waals surface area contributed by atoms with Crippen molar-refractivity contribution in [3.63, 3.8) is 0 Å². The number of carbonyl (C=O) groups is 4. The van der Waals surface area contributed by atoms with Crippen LogP contribution in [0.4, 0.5) is 11.5 Å². The number of Topliss-reactive ketones (excluding diaryl/α,β-unsaturated/α-hetero) is 1. The van der Waals surface area contributed by atoms with E-state index in [9.17, 15) is 19.2 Å². The van der Waals surface area contributed by atoms with Gasteiger partial charge in [-0.05, 0) is 55.5 Å². The summed E-state index contributed by atoms with van der Waals surface area (Å²) >= 11 is 0. The molecule has 1 atom stereocenters. The monoisotopic (exact) mass is 725 g/mol. The van der Waals surface area contributed by atoms with Crippen molar-refractivity contribution in [2.75, 3.05) is 17.2 Å². The number of primary amides is 1. The molecule has 0 saturated carbocycles. The van der Waals surface area contributed by atoms with Crippen molar-refractivity contribution < 1.29 is 19.2 Å². The third-order valence-electron chi connectivity index (χ3n) is 9.96. The van der Waals surface area contributed by atoms with Crippen molar-refractivity contribution in [2.24, 2.45) is 11.7 Å². The molecule has 0 saturated heterocycles. The zero-order valence-electron chi connectivity index (χ0n) is 30.8.